The van der Waals surface area contributed by atoms with Crippen LogP contribution in [0.25, 0.3) is 10.9 Å². The number of carbonyl (C=O) groups excluding carboxylic acids is 1. The summed E-state index contributed by atoms with van der Waals surface area (Å²) in [5.74, 6) is -0.0352. The predicted molar refractivity (Wildman–Crippen MR) is 79.1 cm³/mol. The van der Waals surface area contributed by atoms with Crippen LogP contribution in [0.2, 0.25) is 0 Å². The van der Waals surface area contributed by atoms with Crippen molar-refractivity contribution in [2.75, 3.05) is 12.8 Å². The number of nitrogen functional groups attached to an aromatic ring is 1. The largest absolute Gasteiger partial charge is 0.497 e. The van der Waals surface area contributed by atoms with Crippen molar-refractivity contribution in [3.05, 3.63) is 59.5 Å². The van der Waals surface area contributed by atoms with Crippen molar-refractivity contribution >= 4 is 22.4 Å². The third kappa shape index (κ3) is 2.23. The lowest BCUT2D eigenvalue weighted by Crippen LogP contribution is -2.05. The van der Waals surface area contributed by atoms with Gasteiger partial charge in [0.1, 0.15) is 11.6 Å². The molecule has 0 aliphatic carbocycles. The number of hydrogen-bond acceptors (Lipinski definition) is 3. The Labute approximate surface area is 120 Å². The molecule has 0 unspecified atom stereocenters. The van der Waals surface area contributed by atoms with E-state index in [9.17, 15) is 9.18 Å². The smallest absolute Gasteiger partial charge is 0.197 e. The van der Waals surface area contributed by atoms with E-state index in [1.165, 1.54) is 19.2 Å². The monoisotopic (exact) mass is 284 g/mol. The standard InChI is InChI=1S/C16H13FN2O2/c1-21-10-3-5-14(18)12(7-10)16(20)13-8-19-15-6-9(17)2-4-11(13)15/h2-8,19H,18H2,1H3. The van der Waals surface area contributed by atoms with Crippen molar-refractivity contribution in [1.29, 1.82) is 0 Å². The second kappa shape index (κ2) is 4.94. The second-order valence-electron chi connectivity index (χ2n) is 4.67. The molecule has 0 amide bonds. The van der Waals surface area contributed by atoms with Gasteiger partial charge in [-0.15, -0.1) is 0 Å². The molecule has 3 aromatic rings. The number of aromatic amines is 1. The van der Waals surface area contributed by atoms with Crippen molar-refractivity contribution in [2.24, 2.45) is 0 Å². The van der Waals surface area contributed by atoms with Crippen LogP contribution in [0.1, 0.15) is 15.9 Å². The number of ketones is 1. The summed E-state index contributed by atoms with van der Waals surface area (Å²) in [6, 6.07) is 9.16. The minimum atomic E-state index is -0.357. The summed E-state index contributed by atoms with van der Waals surface area (Å²) >= 11 is 0. The maximum Gasteiger partial charge on any atom is 0.197 e. The van der Waals surface area contributed by atoms with Gasteiger partial charge < -0.3 is 15.5 Å². The summed E-state index contributed by atoms with van der Waals surface area (Å²) in [6.45, 7) is 0. The van der Waals surface area contributed by atoms with Gasteiger partial charge in [-0.3, -0.25) is 4.79 Å². The number of fused-ring (bicyclic) bond motifs is 1. The zero-order chi connectivity index (χ0) is 15.0. The number of benzene rings is 2. The third-order valence-electron chi connectivity index (χ3n) is 3.39. The van der Waals surface area contributed by atoms with E-state index in [0.29, 0.717) is 33.5 Å². The van der Waals surface area contributed by atoms with Gasteiger partial charge in [0.25, 0.3) is 0 Å². The van der Waals surface area contributed by atoms with E-state index in [-0.39, 0.29) is 11.6 Å². The summed E-state index contributed by atoms with van der Waals surface area (Å²) in [6.07, 6.45) is 1.56. The van der Waals surface area contributed by atoms with Gasteiger partial charge >= 0.3 is 0 Å². The zero-order valence-corrected chi connectivity index (χ0v) is 11.3. The van der Waals surface area contributed by atoms with Crippen LogP contribution in [0.5, 0.6) is 5.75 Å². The Morgan fingerprint density at radius 1 is 1.19 bits per heavy atom. The predicted octanol–water partition coefficient (Wildman–Crippen LogP) is 3.13. The fourth-order valence-electron chi connectivity index (χ4n) is 2.29. The van der Waals surface area contributed by atoms with Gasteiger partial charge in [0, 0.05) is 33.9 Å². The van der Waals surface area contributed by atoms with Crippen LogP contribution in [0, 0.1) is 5.82 Å². The molecular weight excluding hydrogens is 271 g/mol. The average Bonchev–Trinajstić information content (AvgIpc) is 2.90. The number of rotatable bonds is 3. The number of aromatic nitrogens is 1. The number of methoxy groups -OCH3 is 1. The average molecular weight is 284 g/mol. The van der Waals surface area contributed by atoms with E-state index in [1.807, 2.05) is 0 Å². The van der Waals surface area contributed by atoms with E-state index in [2.05, 4.69) is 4.98 Å². The molecule has 4 nitrogen and oxygen atoms in total. The Kier molecular flexibility index (Phi) is 3.10. The first-order chi connectivity index (χ1) is 10.1. The summed E-state index contributed by atoms with van der Waals surface area (Å²) < 4.78 is 18.3. The topological polar surface area (TPSA) is 68.1 Å². The minimum Gasteiger partial charge on any atom is -0.497 e. The first kappa shape index (κ1) is 13.2. The van der Waals surface area contributed by atoms with Crippen LogP contribution in [0.4, 0.5) is 10.1 Å². The zero-order valence-electron chi connectivity index (χ0n) is 11.3. The molecule has 3 rings (SSSR count). The van der Waals surface area contributed by atoms with Crippen molar-refractivity contribution < 1.29 is 13.9 Å². The number of anilines is 1. The van der Waals surface area contributed by atoms with Crippen LogP contribution >= 0.6 is 0 Å². The van der Waals surface area contributed by atoms with Crippen LogP contribution in [0.3, 0.4) is 0 Å². The van der Waals surface area contributed by atoms with E-state index in [1.54, 1.807) is 30.5 Å². The maximum atomic E-state index is 13.2. The fraction of sp³-hybridized carbons (Fsp3) is 0.0625. The quantitative estimate of drug-likeness (QED) is 0.573. The molecule has 0 radical (unpaired) electrons. The maximum absolute atomic E-state index is 13.2. The number of nitrogens with two attached hydrogens (primary N) is 1. The molecule has 106 valence electrons. The summed E-state index contributed by atoms with van der Waals surface area (Å²) in [5, 5.41) is 0.656. The lowest BCUT2D eigenvalue weighted by atomic mass is 10.0. The Morgan fingerprint density at radius 3 is 2.76 bits per heavy atom. The molecule has 0 fully saturated rings. The fourth-order valence-corrected chi connectivity index (χ4v) is 2.29. The summed E-state index contributed by atoms with van der Waals surface area (Å²) in [4.78, 5) is 15.5. The molecule has 0 saturated heterocycles. The van der Waals surface area contributed by atoms with Crippen molar-refractivity contribution in [2.45, 2.75) is 0 Å². The molecule has 0 spiro atoms. The first-order valence-corrected chi connectivity index (χ1v) is 6.35. The number of ether oxygens (including phenoxy) is 1. The lowest BCUT2D eigenvalue weighted by Gasteiger charge is -2.07. The van der Waals surface area contributed by atoms with E-state index in [4.69, 9.17) is 10.5 Å². The molecule has 1 heterocycles. The Balaban J connectivity index is 2.12. The first-order valence-electron chi connectivity index (χ1n) is 6.35. The SMILES string of the molecule is COc1ccc(N)c(C(=O)c2c[nH]c3cc(F)ccc23)c1. The van der Waals surface area contributed by atoms with E-state index < -0.39 is 0 Å². The van der Waals surface area contributed by atoms with Gasteiger partial charge in [-0.1, -0.05) is 0 Å². The Bertz CT molecular complexity index is 839. The number of halogens is 1. The lowest BCUT2D eigenvalue weighted by molar-refractivity contribution is 0.104. The summed E-state index contributed by atoms with van der Waals surface area (Å²) in [7, 11) is 1.52. The number of H-pyrrole nitrogens is 1. The van der Waals surface area contributed by atoms with Gasteiger partial charge in [0.2, 0.25) is 0 Å². The molecule has 5 heteroatoms. The molecule has 2 aromatic carbocycles. The molecule has 0 aliphatic heterocycles. The van der Waals surface area contributed by atoms with Crippen molar-refractivity contribution in [3.63, 3.8) is 0 Å². The van der Waals surface area contributed by atoms with Gasteiger partial charge in [-0.25, -0.2) is 4.39 Å². The van der Waals surface area contributed by atoms with Crippen LogP contribution in [-0.2, 0) is 0 Å². The van der Waals surface area contributed by atoms with Crippen molar-refractivity contribution in [1.82, 2.24) is 4.98 Å². The Hall–Kier alpha value is -2.82. The van der Waals surface area contributed by atoms with Gasteiger partial charge in [-0.05, 0) is 36.4 Å². The van der Waals surface area contributed by atoms with Crippen LogP contribution < -0.4 is 10.5 Å². The van der Waals surface area contributed by atoms with Gasteiger partial charge in [0.15, 0.2) is 5.78 Å². The molecule has 3 N–H and O–H groups in total. The highest BCUT2D eigenvalue weighted by molar-refractivity contribution is 6.18. The number of carbonyl (C=O) groups is 1. The van der Waals surface area contributed by atoms with Crippen LogP contribution in [0.15, 0.2) is 42.6 Å². The molecule has 0 aliphatic rings. The van der Waals surface area contributed by atoms with Crippen molar-refractivity contribution in [3.8, 4) is 5.75 Å². The highest BCUT2D eigenvalue weighted by atomic mass is 19.1. The van der Waals surface area contributed by atoms with E-state index in [0.717, 1.165) is 0 Å². The van der Waals surface area contributed by atoms with Gasteiger partial charge in [0.05, 0.1) is 7.11 Å². The summed E-state index contributed by atoms with van der Waals surface area (Å²) in [5.41, 5.74) is 7.62. The number of hydrogen-bond donors (Lipinski definition) is 2. The minimum absolute atomic E-state index is 0.232. The third-order valence-corrected chi connectivity index (χ3v) is 3.39. The normalized spacial score (nSPS) is 10.8. The highest BCUT2D eigenvalue weighted by Gasteiger charge is 2.17. The van der Waals surface area contributed by atoms with Gasteiger partial charge in [-0.2, -0.15) is 0 Å². The molecule has 0 atom stereocenters. The molecule has 21 heavy (non-hydrogen) atoms. The number of nitrogens with one attached hydrogen (secondary N) is 1. The molecule has 1 aromatic heterocycles. The molecule has 0 bridgehead atoms. The molecule has 0 saturated carbocycles. The van der Waals surface area contributed by atoms with E-state index >= 15 is 0 Å². The van der Waals surface area contributed by atoms with Crippen LogP contribution in [-0.4, -0.2) is 17.9 Å². The Morgan fingerprint density at radius 2 is 2.00 bits per heavy atom. The molecular formula is C16H13FN2O2. The second-order valence-corrected chi connectivity index (χ2v) is 4.67. The highest BCUT2D eigenvalue weighted by Crippen LogP contribution is 2.26.